The molecule has 2 rings (SSSR count). The first-order valence-corrected chi connectivity index (χ1v) is 7.10. The fourth-order valence-electron chi connectivity index (χ4n) is 2.57. The summed E-state index contributed by atoms with van der Waals surface area (Å²) in [5.41, 5.74) is -0.371. The smallest absolute Gasteiger partial charge is 0.223 e. The van der Waals surface area contributed by atoms with E-state index in [4.69, 9.17) is 0 Å². The predicted octanol–water partition coefficient (Wildman–Crippen LogP) is -0.0435. The number of aromatic nitrogens is 3. The second-order valence-electron chi connectivity index (χ2n) is 5.42. The molecule has 1 atom stereocenters. The van der Waals surface area contributed by atoms with E-state index in [9.17, 15) is 9.90 Å². The van der Waals surface area contributed by atoms with Crippen molar-refractivity contribution in [3.63, 3.8) is 0 Å². The summed E-state index contributed by atoms with van der Waals surface area (Å²) in [5, 5.41) is 21.0. The van der Waals surface area contributed by atoms with E-state index >= 15 is 0 Å². The maximum Gasteiger partial charge on any atom is 0.223 e. The molecule has 1 aliphatic heterocycles. The van der Waals surface area contributed by atoms with Crippen LogP contribution >= 0.6 is 0 Å². The van der Waals surface area contributed by atoms with E-state index < -0.39 is 5.60 Å². The Morgan fingerprint density at radius 3 is 3.10 bits per heavy atom. The van der Waals surface area contributed by atoms with E-state index in [2.05, 4.69) is 20.3 Å². The molecule has 7 heteroatoms. The van der Waals surface area contributed by atoms with Crippen LogP contribution in [0, 0.1) is 0 Å². The molecule has 1 amide bonds. The number of β-amino-alcohol motifs (C(OH)–C–C–N with tert-alkyl or cyclic N) is 1. The largest absolute Gasteiger partial charge is 0.382 e. The zero-order chi connectivity index (χ0) is 14.6. The Bertz CT molecular complexity index is 436. The molecule has 1 aromatic rings. The number of aromatic amines is 1. The third kappa shape index (κ3) is 3.34. The third-order valence-corrected chi connectivity index (χ3v) is 3.98. The molecule has 2 heterocycles. The molecule has 112 valence electrons. The van der Waals surface area contributed by atoms with Crippen molar-refractivity contribution in [1.29, 1.82) is 0 Å². The minimum absolute atomic E-state index is 0.142. The normalized spacial score (nSPS) is 23.8. The van der Waals surface area contributed by atoms with Gasteiger partial charge in [-0.05, 0) is 26.3 Å². The second-order valence-corrected chi connectivity index (χ2v) is 5.42. The maximum atomic E-state index is 11.8. The number of carbonyl (C=O) groups excluding carboxylic acids is 1. The number of hydrogen-bond donors (Lipinski definition) is 2. The van der Waals surface area contributed by atoms with Gasteiger partial charge < -0.3 is 10.0 Å². The molecule has 1 fully saturated rings. The molecule has 2 N–H and O–H groups in total. The summed E-state index contributed by atoms with van der Waals surface area (Å²) >= 11 is 0. The molecular formula is C13H23N5O2. The van der Waals surface area contributed by atoms with Gasteiger partial charge in [0.1, 0.15) is 11.3 Å². The first kappa shape index (κ1) is 14.9. The maximum absolute atomic E-state index is 11.8. The number of amides is 1. The number of likely N-dealkylation sites (tertiary alicyclic amines) is 1. The van der Waals surface area contributed by atoms with Crippen molar-refractivity contribution in [2.45, 2.75) is 31.8 Å². The fourth-order valence-corrected chi connectivity index (χ4v) is 2.57. The molecule has 1 aliphatic rings. The van der Waals surface area contributed by atoms with E-state index in [1.807, 2.05) is 14.0 Å². The minimum atomic E-state index is -0.953. The van der Waals surface area contributed by atoms with Gasteiger partial charge in [0.05, 0.1) is 6.20 Å². The van der Waals surface area contributed by atoms with E-state index in [1.165, 1.54) is 0 Å². The highest BCUT2D eigenvalue weighted by molar-refractivity contribution is 5.75. The lowest BCUT2D eigenvalue weighted by molar-refractivity contribution is -0.130. The first-order chi connectivity index (χ1) is 9.55. The van der Waals surface area contributed by atoms with Crippen molar-refractivity contribution >= 4 is 5.91 Å². The van der Waals surface area contributed by atoms with Gasteiger partial charge in [0.25, 0.3) is 0 Å². The molecule has 0 unspecified atom stereocenters. The van der Waals surface area contributed by atoms with Crippen LogP contribution in [0.3, 0.4) is 0 Å². The Balaban J connectivity index is 1.89. The molecular weight excluding hydrogens is 258 g/mol. The Hall–Kier alpha value is -1.47. The van der Waals surface area contributed by atoms with Crippen LogP contribution in [0.15, 0.2) is 6.20 Å². The highest BCUT2D eigenvalue weighted by Crippen LogP contribution is 2.29. The average Bonchev–Trinajstić information content (AvgIpc) is 2.99. The predicted molar refractivity (Wildman–Crippen MR) is 73.9 cm³/mol. The van der Waals surface area contributed by atoms with Crippen LogP contribution in [0.25, 0.3) is 0 Å². The van der Waals surface area contributed by atoms with Crippen molar-refractivity contribution in [3.8, 4) is 0 Å². The topological polar surface area (TPSA) is 85.4 Å². The van der Waals surface area contributed by atoms with Crippen molar-refractivity contribution in [2.75, 3.05) is 33.2 Å². The molecule has 20 heavy (non-hydrogen) atoms. The van der Waals surface area contributed by atoms with Gasteiger partial charge >= 0.3 is 0 Å². The first-order valence-electron chi connectivity index (χ1n) is 7.10. The zero-order valence-corrected chi connectivity index (χ0v) is 12.2. The third-order valence-electron chi connectivity index (χ3n) is 3.98. The van der Waals surface area contributed by atoms with E-state index in [0.29, 0.717) is 31.6 Å². The van der Waals surface area contributed by atoms with Crippen LogP contribution in [-0.4, -0.2) is 69.5 Å². The number of carbonyl (C=O) groups is 1. The van der Waals surface area contributed by atoms with Crippen LogP contribution in [0.4, 0.5) is 0 Å². The lowest BCUT2D eigenvalue weighted by atomic mass is 9.90. The van der Waals surface area contributed by atoms with E-state index in [0.717, 1.165) is 19.5 Å². The number of aliphatic hydroxyl groups is 1. The SMILES string of the molecule is CCN(C)C(=O)CCN1CCC[C@@](O)(c2cn[nH]n2)C1. The van der Waals surface area contributed by atoms with Crippen LogP contribution < -0.4 is 0 Å². The van der Waals surface area contributed by atoms with Gasteiger partial charge in [0, 0.05) is 33.1 Å². The number of hydrogen-bond acceptors (Lipinski definition) is 5. The molecule has 7 nitrogen and oxygen atoms in total. The summed E-state index contributed by atoms with van der Waals surface area (Å²) in [7, 11) is 1.81. The molecule has 0 aliphatic carbocycles. The zero-order valence-electron chi connectivity index (χ0n) is 12.2. The Kier molecular flexibility index (Phi) is 4.72. The number of H-pyrrole nitrogens is 1. The van der Waals surface area contributed by atoms with Gasteiger partial charge in [-0.25, -0.2) is 0 Å². The summed E-state index contributed by atoms with van der Waals surface area (Å²) in [6.45, 7) is 4.76. The van der Waals surface area contributed by atoms with Gasteiger partial charge in [-0.3, -0.25) is 9.69 Å². The van der Waals surface area contributed by atoms with Gasteiger partial charge in [-0.15, -0.1) is 0 Å². The molecule has 0 bridgehead atoms. The van der Waals surface area contributed by atoms with Gasteiger partial charge in [-0.2, -0.15) is 15.4 Å². The number of rotatable bonds is 5. The lowest BCUT2D eigenvalue weighted by Crippen LogP contribution is -2.47. The van der Waals surface area contributed by atoms with Gasteiger partial charge in [-0.1, -0.05) is 0 Å². The summed E-state index contributed by atoms with van der Waals surface area (Å²) < 4.78 is 0. The summed E-state index contributed by atoms with van der Waals surface area (Å²) in [6, 6.07) is 0. The summed E-state index contributed by atoms with van der Waals surface area (Å²) in [4.78, 5) is 15.7. The molecule has 0 aromatic carbocycles. The summed E-state index contributed by atoms with van der Waals surface area (Å²) in [6.07, 6.45) is 3.62. The standard InChI is InChI=1S/C13H23N5O2/c1-3-17(2)12(19)5-8-18-7-4-6-13(20,10-18)11-9-14-16-15-11/h9,20H,3-8,10H2,1-2H3,(H,14,15,16)/t13-/m0/s1. The van der Waals surface area contributed by atoms with Gasteiger partial charge in [0.2, 0.25) is 5.91 Å². The molecule has 1 saturated heterocycles. The molecule has 0 radical (unpaired) electrons. The van der Waals surface area contributed by atoms with Crippen molar-refractivity contribution in [2.24, 2.45) is 0 Å². The van der Waals surface area contributed by atoms with Crippen LogP contribution in [0.2, 0.25) is 0 Å². The quantitative estimate of drug-likeness (QED) is 0.791. The van der Waals surface area contributed by atoms with Crippen LogP contribution in [-0.2, 0) is 10.4 Å². The van der Waals surface area contributed by atoms with Gasteiger partial charge in [0.15, 0.2) is 0 Å². The Morgan fingerprint density at radius 2 is 2.45 bits per heavy atom. The van der Waals surface area contributed by atoms with Crippen LogP contribution in [0.5, 0.6) is 0 Å². The number of piperidine rings is 1. The molecule has 0 spiro atoms. The van der Waals surface area contributed by atoms with E-state index in [1.54, 1.807) is 11.1 Å². The Labute approximate surface area is 119 Å². The highest BCUT2D eigenvalue weighted by Gasteiger charge is 2.37. The number of nitrogens with zero attached hydrogens (tertiary/aromatic N) is 4. The van der Waals surface area contributed by atoms with Crippen molar-refractivity contribution in [3.05, 3.63) is 11.9 Å². The lowest BCUT2D eigenvalue weighted by Gasteiger charge is -2.38. The minimum Gasteiger partial charge on any atom is -0.382 e. The number of nitrogens with one attached hydrogen (secondary N) is 1. The highest BCUT2D eigenvalue weighted by atomic mass is 16.3. The van der Waals surface area contributed by atoms with Crippen LogP contribution in [0.1, 0.15) is 31.9 Å². The Morgan fingerprint density at radius 1 is 1.65 bits per heavy atom. The monoisotopic (exact) mass is 281 g/mol. The molecule has 0 saturated carbocycles. The van der Waals surface area contributed by atoms with Crippen molar-refractivity contribution < 1.29 is 9.90 Å². The fraction of sp³-hybridized carbons (Fsp3) is 0.769. The molecule has 1 aromatic heterocycles. The average molecular weight is 281 g/mol. The van der Waals surface area contributed by atoms with Crippen molar-refractivity contribution in [1.82, 2.24) is 25.2 Å². The second kappa shape index (κ2) is 6.32. The summed E-state index contributed by atoms with van der Waals surface area (Å²) in [5.74, 6) is 0.142. The van der Waals surface area contributed by atoms with E-state index in [-0.39, 0.29) is 5.91 Å².